The third kappa shape index (κ3) is 2.33. The van der Waals surface area contributed by atoms with Crippen LogP contribution < -0.4 is 10.3 Å². The van der Waals surface area contributed by atoms with Crippen molar-refractivity contribution in [1.82, 2.24) is 15.0 Å². The quantitative estimate of drug-likeness (QED) is 0.866. The highest BCUT2D eigenvalue weighted by Gasteiger charge is 2.47. The van der Waals surface area contributed by atoms with Crippen LogP contribution in [0.15, 0.2) is 41.7 Å². The Balaban J connectivity index is 1.46. The molecule has 25 heavy (non-hydrogen) atoms. The minimum absolute atomic E-state index is 0.118. The van der Waals surface area contributed by atoms with E-state index in [9.17, 15) is 9.50 Å². The second-order valence-corrected chi connectivity index (χ2v) is 7.55. The topological polar surface area (TPSA) is 65.7 Å². The number of anilines is 1. The van der Waals surface area contributed by atoms with Crippen molar-refractivity contribution in [3.05, 3.63) is 36.6 Å². The van der Waals surface area contributed by atoms with Crippen LogP contribution >= 0.6 is 0 Å². The van der Waals surface area contributed by atoms with E-state index in [0.717, 1.165) is 18.1 Å². The Morgan fingerprint density at radius 3 is 3.08 bits per heavy atom. The number of rotatable bonds is 2. The number of aromatic nitrogens is 2. The van der Waals surface area contributed by atoms with E-state index >= 15 is 0 Å². The summed E-state index contributed by atoms with van der Waals surface area (Å²) in [7, 11) is 0. The van der Waals surface area contributed by atoms with Gasteiger partial charge in [0.15, 0.2) is 0 Å². The highest BCUT2D eigenvalue weighted by atomic mass is 19.1. The van der Waals surface area contributed by atoms with Crippen molar-refractivity contribution in [2.45, 2.75) is 56.3 Å². The molecule has 7 heteroatoms. The summed E-state index contributed by atoms with van der Waals surface area (Å²) in [6.07, 6.45) is 13.7. The molecule has 1 saturated carbocycles. The molecule has 1 aromatic rings. The second-order valence-electron chi connectivity index (χ2n) is 7.55. The first-order valence-corrected chi connectivity index (χ1v) is 9.05. The number of halogens is 1. The number of allylic oxidation sites excluding steroid dienone is 2. The number of hydrazone groups is 1. The largest absolute Gasteiger partial charge is 0.385 e. The SMILES string of the molecule is OC1(CC2=NNC3C4CCCCC4n4cncc4N23)C=CC(F)=CC1. The Bertz CT molecular complexity index is 784. The summed E-state index contributed by atoms with van der Waals surface area (Å²) in [5.41, 5.74) is 2.20. The van der Waals surface area contributed by atoms with Gasteiger partial charge < -0.3 is 9.67 Å². The molecule has 0 bridgehead atoms. The van der Waals surface area contributed by atoms with Crippen molar-refractivity contribution in [3.8, 4) is 0 Å². The van der Waals surface area contributed by atoms with Gasteiger partial charge in [-0.15, -0.1) is 0 Å². The third-order valence-corrected chi connectivity index (χ3v) is 5.99. The predicted molar refractivity (Wildman–Crippen MR) is 92.6 cm³/mol. The van der Waals surface area contributed by atoms with Gasteiger partial charge in [0, 0.05) is 24.8 Å². The van der Waals surface area contributed by atoms with Gasteiger partial charge in [-0.2, -0.15) is 5.10 Å². The van der Waals surface area contributed by atoms with Crippen molar-refractivity contribution in [2.24, 2.45) is 11.0 Å². The van der Waals surface area contributed by atoms with Crippen LogP contribution in [0.5, 0.6) is 0 Å². The Morgan fingerprint density at radius 1 is 1.36 bits per heavy atom. The summed E-state index contributed by atoms with van der Waals surface area (Å²) < 4.78 is 15.5. The summed E-state index contributed by atoms with van der Waals surface area (Å²) in [6.45, 7) is 0. The number of hydrogen-bond donors (Lipinski definition) is 2. The Labute approximate surface area is 145 Å². The lowest BCUT2D eigenvalue weighted by Gasteiger charge is -2.46. The summed E-state index contributed by atoms with van der Waals surface area (Å²) >= 11 is 0. The number of fused-ring (bicyclic) bond motifs is 6. The first-order valence-electron chi connectivity index (χ1n) is 9.05. The fourth-order valence-electron chi connectivity index (χ4n) is 4.74. The summed E-state index contributed by atoms with van der Waals surface area (Å²) in [4.78, 5) is 6.55. The van der Waals surface area contributed by atoms with Crippen LogP contribution in [0.25, 0.3) is 0 Å². The van der Waals surface area contributed by atoms with E-state index in [1.165, 1.54) is 31.4 Å². The maximum atomic E-state index is 13.2. The van der Waals surface area contributed by atoms with Gasteiger partial charge in [0.25, 0.3) is 0 Å². The molecule has 1 aromatic heterocycles. The average Bonchev–Trinajstić information content (AvgIpc) is 3.25. The number of hydrogen-bond acceptors (Lipinski definition) is 5. The van der Waals surface area contributed by atoms with Gasteiger partial charge in [-0.3, -0.25) is 10.3 Å². The maximum Gasteiger partial charge on any atom is 0.136 e. The first-order chi connectivity index (χ1) is 12.1. The summed E-state index contributed by atoms with van der Waals surface area (Å²) in [5.74, 6) is 2.00. The molecule has 0 amide bonds. The van der Waals surface area contributed by atoms with Crippen LogP contribution in [0, 0.1) is 5.92 Å². The second kappa shape index (κ2) is 5.42. The lowest BCUT2D eigenvalue weighted by molar-refractivity contribution is 0.0990. The minimum atomic E-state index is -1.10. The Morgan fingerprint density at radius 2 is 2.24 bits per heavy atom. The molecule has 0 saturated heterocycles. The van der Waals surface area contributed by atoms with Crippen LogP contribution in [-0.4, -0.2) is 32.3 Å². The van der Waals surface area contributed by atoms with Crippen LogP contribution in [0.3, 0.4) is 0 Å². The molecular formula is C18H22FN5O. The van der Waals surface area contributed by atoms with Crippen LogP contribution in [0.4, 0.5) is 10.2 Å². The van der Waals surface area contributed by atoms with Crippen LogP contribution in [-0.2, 0) is 0 Å². The van der Waals surface area contributed by atoms with E-state index in [-0.39, 0.29) is 18.4 Å². The molecule has 2 aliphatic carbocycles. The number of nitrogens with one attached hydrogen (secondary N) is 1. The van der Waals surface area contributed by atoms with Gasteiger partial charge in [-0.25, -0.2) is 9.37 Å². The van der Waals surface area contributed by atoms with E-state index in [0.29, 0.717) is 18.4 Å². The first kappa shape index (κ1) is 15.1. The van der Waals surface area contributed by atoms with E-state index < -0.39 is 5.60 Å². The zero-order valence-corrected chi connectivity index (χ0v) is 14.0. The molecule has 4 aliphatic rings. The standard InChI is InChI=1S/C18H22FN5O/c19-12-5-7-18(25,8-6-12)9-15-21-22-17-13-3-1-2-4-14(13)23-11-20-10-16(23)24(15)17/h5-7,10-11,13-14,17,22,25H,1-4,8-9H2. The average molecular weight is 343 g/mol. The van der Waals surface area contributed by atoms with E-state index in [1.54, 1.807) is 6.08 Å². The van der Waals surface area contributed by atoms with Gasteiger partial charge in [0.05, 0.1) is 18.1 Å². The molecule has 2 aliphatic heterocycles. The molecular weight excluding hydrogens is 321 g/mol. The molecule has 0 spiro atoms. The van der Waals surface area contributed by atoms with Crippen molar-refractivity contribution < 1.29 is 9.50 Å². The Hall–Kier alpha value is -2.15. The fourth-order valence-corrected chi connectivity index (χ4v) is 4.74. The molecule has 0 radical (unpaired) electrons. The normalized spacial score (nSPS) is 36.1. The van der Waals surface area contributed by atoms with Crippen molar-refractivity contribution in [2.75, 3.05) is 4.90 Å². The van der Waals surface area contributed by atoms with E-state index in [1.807, 2.05) is 12.5 Å². The van der Waals surface area contributed by atoms with Crippen molar-refractivity contribution >= 4 is 11.7 Å². The van der Waals surface area contributed by atoms with Gasteiger partial charge in [-0.1, -0.05) is 12.8 Å². The fraction of sp³-hybridized carbons (Fsp3) is 0.556. The summed E-state index contributed by atoms with van der Waals surface area (Å²) in [5, 5.41) is 15.4. The molecule has 132 valence electrons. The highest BCUT2D eigenvalue weighted by molar-refractivity contribution is 6.00. The lowest BCUT2D eigenvalue weighted by atomic mass is 9.80. The van der Waals surface area contributed by atoms with Gasteiger partial charge >= 0.3 is 0 Å². The van der Waals surface area contributed by atoms with Gasteiger partial charge in [0.2, 0.25) is 0 Å². The van der Waals surface area contributed by atoms with E-state index in [2.05, 4.69) is 25.0 Å². The van der Waals surface area contributed by atoms with Crippen LogP contribution in [0.1, 0.15) is 44.6 Å². The number of aliphatic hydroxyl groups is 1. The predicted octanol–water partition coefficient (Wildman–Crippen LogP) is 2.61. The Kier molecular flexibility index (Phi) is 3.28. The monoisotopic (exact) mass is 343 g/mol. The van der Waals surface area contributed by atoms with Crippen molar-refractivity contribution in [3.63, 3.8) is 0 Å². The molecule has 4 atom stereocenters. The maximum absolute atomic E-state index is 13.2. The number of imidazole rings is 1. The molecule has 3 heterocycles. The minimum Gasteiger partial charge on any atom is -0.385 e. The molecule has 4 unspecified atom stereocenters. The van der Waals surface area contributed by atoms with Gasteiger partial charge in [-0.05, 0) is 31.1 Å². The number of nitrogens with zero attached hydrogens (tertiary/aromatic N) is 4. The van der Waals surface area contributed by atoms with Gasteiger partial charge in [0.1, 0.15) is 23.6 Å². The zero-order valence-electron chi connectivity index (χ0n) is 14.0. The van der Waals surface area contributed by atoms with Crippen molar-refractivity contribution in [1.29, 1.82) is 0 Å². The lowest BCUT2D eigenvalue weighted by Crippen LogP contribution is -2.54. The van der Waals surface area contributed by atoms with Crippen LogP contribution in [0.2, 0.25) is 0 Å². The van der Waals surface area contributed by atoms with E-state index in [4.69, 9.17) is 0 Å². The highest BCUT2D eigenvalue weighted by Crippen LogP contribution is 2.45. The molecule has 0 aromatic carbocycles. The summed E-state index contributed by atoms with van der Waals surface area (Å²) in [6, 6.07) is 0.462. The molecule has 1 fully saturated rings. The smallest absolute Gasteiger partial charge is 0.136 e. The zero-order chi connectivity index (χ0) is 17.0. The molecule has 6 nitrogen and oxygen atoms in total. The molecule has 2 N–H and O–H groups in total. The molecule has 5 rings (SSSR count). The number of amidine groups is 1. The third-order valence-electron chi connectivity index (χ3n) is 5.99.